The number of rotatable bonds is 3. The molecule has 116 valence electrons. The van der Waals surface area contributed by atoms with Gasteiger partial charge in [-0.2, -0.15) is 0 Å². The van der Waals surface area contributed by atoms with Crippen molar-refractivity contribution in [3.63, 3.8) is 0 Å². The van der Waals surface area contributed by atoms with E-state index in [1.54, 1.807) is 0 Å². The van der Waals surface area contributed by atoms with Gasteiger partial charge in [0.25, 0.3) is 5.91 Å². The normalized spacial score (nSPS) is 11.1. The molecule has 0 aliphatic heterocycles. The van der Waals surface area contributed by atoms with Crippen molar-refractivity contribution in [1.29, 1.82) is 0 Å². The van der Waals surface area contributed by atoms with Crippen molar-refractivity contribution in [3.05, 3.63) is 47.7 Å². The first kappa shape index (κ1) is 15.8. The smallest absolute Gasteiger partial charge is 0.272 e. The zero-order valence-corrected chi connectivity index (χ0v) is 12.4. The highest BCUT2D eigenvalue weighted by molar-refractivity contribution is 5.92. The van der Waals surface area contributed by atoms with Crippen molar-refractivity contribution in [3.8, 4) is 0 Å². The number of benzene rings is 1. The molecule has 0 unspecified atom stereocenters. The minimum atomic E-state index is -0.959. The summed E-state index contributed by atoms with van der Waals surface area (Å²) in [4.78, 5) is 11.9. The van der Waals surface area contributed by atoms with Crippen molar-refractivity contribution in [2.45, 2.75) is 26.3 Å². The largest absolute Gasteiger partial charge is 0.346 e. The molecule has 22 heavy (non-hydrogen) atoms. The van der Waals surface area contributed by atoms with E-state index in [0.29, 0.717) is 11.5 Å². The Balaban J connectivity index is 2.08. The Bertz CT molecular complexity index is 681. The number of anilines is 2. The highest BCUT2D eigenvalue weighted by Gasteiger charge is 2.16. The zero-order valence-electron chi connectivity index (χ0n) is 12.4. The van der Waals surface area contributed by atoms with Gasteiger partial charge < -0.3 is 10.6 Å². The molecule has 1 aromatic heterocycles. The summed E-state index contributed by atoms with van der Waals surface area (Å²) in [5, 5.41) is 13.2. The van der Waals surface area contributed by atoms with Crippen molar-refractivity contribution in [2.24, 2.45) is 0 Å². The number of aromatic nitrogens is 2. The molecule has 0 spiro atoms. The van der Waals surface area contributed by atoms with E-state index in [0.717, 1.165) is 12.1 Å². The van der Waals surface area contributed by atoms with Gasteiger partial charge in [-0.05, 0) is 45.0 Å². The lowest BCUT2D eigenvalue weighted by molar-refractivity contribution is 0.0913. The van der Waals surface area contributed by atoms with E-state index in [1.807, 2.05) is 20.8 Å². The van der Waals surface area contributed by atoms with Gasteiger partial charge in [-0.3, -0.25) is 4.79 Å². The molecule has 1 aromatic carbocycles. The average Bonchev–Trinajstić information content (AvgIpc) is 2.42. The molecule has 2 aromatic rings. The summed E-state index contributed by atoms with van der Waals surface area (Å²) in [5.74, 6) is -1.90. The Kier molecular flexibility index (Phi) is 4.35. The van der Waals surface area contributed by atoms with E-state index in [1.165, 1.54) is 18.2 Å². The van der Waals surface area contributed by atoms with Gasteiger partial charge in [0.2, 0.25) is 0 Å². The number of carbonyl (C=O) groups is 1. The summed E-state index contributed by atoms with van der Waals surface area (Å²) in [7, 11) is 0. The standard InChI is InChI=1S/C15H16F2N4O/c1-15(2,3)19-14(22)12-6-7-13(21-20-12)18-9-4-5-10(16)11(17)8-9/h4-8H,1-3H3,(H,18,21)(H,19,22). The fourth-order valence-electron chi connectivity index (χ4n) is 1.65. The Labute approximate surface area is 126 Å². The maximum atomic E-state index is 13.1. The molecule has 5 nitrogen and oxygen atoms in total. The van der Waals surface area contributed by atoms with Crippen LogP contribution in [-0.4, -0.2) is 21.6 Å². The Morgan fingerprint density at radius 1 is 1.05 bits per heavy atom. The number of hydrogen-bond acceptors (Lipinski definition) is 4. The lowest BCUT2D eigenvalue weighted by Crippen LogP contribution is -2.41. The molecule has 0 radical (unpaired) electrons. The molecule has 1 heterocycles. The summed E-state index contributed by atoms with van der Waals surface area (Å²) in [6.07, 6.45) is 0. The van der Waals surface area contributed by atoms with Crippen molar-refractivity contribution < 1.29 is 13.6 Å². The second-order valence-corrected chi connectivity index (χ2v) is 5.76. The van der Waals surface area contributed by atoms with Crippen molar-refractivity contribution in [1.82, 2.24) is 15.5 Å². The number of hydrogen-bond donors (Lipinski definition) is 2. The molecule has 0 atom stereocenters. The van der Waals surface area contributed by atoms with Gasteiger partial charge in [0.15, 0.2) is 23.1 Å². The quantitative estimate of drug-likeness (QED) is 0.914. The van der Waals surface area contributed by atoms with Crippen molar-refractivity contribution >= 4 is 17.4 Å². The monoisotopic (exact) mass is 306 g/mol. The molecule has 0 aliphatic rings. The van der Waals surface area contributed by atoms with Crippen LogP contribution in [0, 0.1) is 11.6 Å². The topological polar surface area (TPSA) is 66.9 Å². The molecule has 2 N–H and O–H groups in total. The van der Waals surface area contributed by atoms with Gasteiger partial charge in [-0.25, -0.2) is 8.78 Å². The van der Waals surface area contributed by atoms with Crippen LogP contribution in [0.4, 0.5) is 20.3 Å². The van der Waals surface area contributed by atoms with E-state index in [9.17, 15) is 13.6 Å². The molecule has 1 amide bonds. The first-order valence-corrected chi connectivity index (χ1v) is 6.63. The number of nitrogens with zero attached hydrogens (tertiary/aromatic N) is 2. The third-order valence-corrected chi connectivity index (χ3v) is 2.58. The zero-order chi connectivity index (χ0) is 16.3. The van der Waals surface area contributed by atoms with Crippen LogP contribution in [0.25, 0.3) is 0 Å². The first-order chi connectivity index (χ1) is 10.2. The molecular formula is C15H16F2N4O. The molecule has 2 rings (SSSR count). The number of carbonyl (C=O) groups excluding carboxylic acids is 1. The van der Waals surface area contributed by atoms with Gasteiger partial charge in [-0.1, -0.05) is 0 Å². The van der Waals surface area contributed by atoms with Crippen LogP contribution in [0.3, 0.4) is 0 Å². The maximum Gasteiger partial charge on any atom is 0.272 e. The predicted octanol–water partition coefficient (Wildman–Crippen LogP) is 3.03. The Hall–Kier alpha value is -2.57. The van der Waals surface area contributed by atoms with Gasteiger partial charge in [0, 0.05) is 17.3 Å². The number of halogens is 2. The second kappa shape index (κ2) is 6.05. The van der Waals surface area contributed by atoms with E-state index in [2.05, 4.69) is 20.8 Å². The molecule has 0 saturated heterocycles. The molecule has 7 heteroatoms. The van der Waals surface area contributed by atoms with Crippen LogP contribution in [-0.2, 0) is 0 Å². The summed E-state index contributed by atoms with van der Waals surface area (Å²) in [6.45, 7) is 5.58. The summed E-state index contributed by atoms with van der Waals surface area (Å²) >= 11 is 0. The van der Waals surface area contributed by atoms with Crippen LogP contribution in [0.1, 0.15) is 31.3 Å². The average molecular weight is 306 g/mol. The van der Waals surface area contributed by atoms with E-state index in [-0.39, 0.29) is 17.1 Å². The fourth-order valence-corrected chi connectivity index (χ4v) is 1.65. The SMILES string of the molecule is CC(C)(C)NC(=O)c1ccc(Nc2ccc(F)c(F)c2)nn1. The summed E-state index contributed by atoms with van der Waals surface area (Å²) in [5.41, 5.74) is 0.132. The lowest BCUT2D eigenvalue weighted by Gasteiger charge is -2.19. The van der Waals surface area contributed by atoms with Gasteiger partial charge in [0.1, 0.15) is 0 Å². The Morgan fingerprint density at radius 3 is 2.32 bits per heavy atom. The molecule has 0 fully saturated rings. The van der Waals surface area contributed by atoms with E-state index >= 15 is 0 Å². The van der Waals surface area contributed by atoms with Gasteiger partial charge in [0.05, 0.1) is 0 Å². The Morgan fingerprint density at radius 2 is 1.77 bits per heavy atom. The van der Waals surface area contributed by atoms with Gasteiger partial charge in [-0.15, -0.1) is 10.2 Å². The molecule has 0 aliphatic carbocycles. The van der Waals surface area contributed by atoms with Crippen LogP contribution >= 0.6 is 0 Å². The van der Waals surface area contributed by atoms with E-state index < -0.39 is 11.6 Å². The van der Waals surface area contributed by atoms with Crippen LogP contribution < -0.4 is 10.6 Å². The maximum absolute atomic E-state index is 13.1. The fraction of sp³-hybridized carbons (Fsp3) is 0.267. The highest BCUT2D eigenvalue weighted by Crippen LogP contribution is 2.17. The molecule has 0 bridgehead atoms. The van der Waals surface area contributed by atoms with Crippen LogP contribution in [0.2, 0.25) is 0 Å². The third-order valence-electron chi connectivity index (χ3n) is 2.58. The number of amides is 1. The highest BCUT2D eigenvalue weighted by atomic mass is 19.2. The molecular weight excluding hydrogens is 290 g/mol. The third kappa shape index (κ3) is 4.21. The van der Waals surface area contributed by atoms with E-state index in [4.69, 9.17) is 0 Å². The van der Waals surface area contributed by atoms with Gasteiger partial charge >= 0.3 is 0 Å². The summed E-state index contributed by atoms with van der Waals surface area (Å²) < 4.78 is 25.9. The second-order valence-electron chi connectivity index (χ2n) is 5.76. The number of nitrogens with one attached hydrogen (secondary N) is 2. The van der Waals surface area contributed by atoms with Crippen molar-refractivity contribution in [2.75, 3.05) is 5.32 Å². The minimum absolute atomic E-state index is 0.172. The van der Waals surface area contributed by atoms with Crippen LogP contribution in [0.5, 0.6) is 0 Å². The predicted molar refractivity (Wildman–Crippen MR) is 78.9 cm³/mol. The minimum Gasteiger partial charge on any atom is -0.346 e. The lowest BCUT2D eigenvalue weighted by atomic mass is 10.1. The summed E-state index contributed by atoms with van der Waals surface area (Å²) in [6, 6.07) is 6.43. The van der Waals surface area contributed by atoms with Crippen LogP contribution in [0.15, 0.2) is 30.3 Å². The first-order valence-electron chi connectivity index (χ1n) is 6.63. The molecule has 0 saturated carbocycles.